The third-order valence-electron chi connectivity index (χ3n) is 5.11. The highest BCUT2D eigenvalue weighted by Gasteiger charge is 2.32. The van der Waals surface area contributed by atoms with Gasteiger partial charge in [-0.2, -0.15) is 0 Å². The molecule has 0 atom stereocenters. The predicted octanol–water partition coefficient (Wildman–Crippen LogP) is 6.23. The minimum Gasteiger partial charge on any atom is -0.374 e. The Morgan fingerprint density at radius 3 is 1.73 bits per heavy atom. The van der Waals surface area contributed by atoms with E-state index in [1.165, 1.54) is 24.2 Å². The van der Waals surface area contributed by atoms with Gasteiger partial charge in [-0.3, -0.25) is 0 Å². The summed E-state index contributed by atoms with van der Waals surface area (Å²) < 4.78 is 0. The van der Waals surface area contributed by atoms with E-state index in [1.54, 1.807) is 0 Å². The molecule has 0 amide bonds. The highest BCUT2D eigenvalue weighted by molar-refractivity contribution is 5.49. The Balaban J connectivity index is 2.20. The zero-order valence-electron chi connectivity index (χ0n) is 17.5. The Hall–Kier alpha value is -1.96. The van der Waals surface area contributed by atoms with Crippen LogP contribution in [0.1, 0.15) is 47.5 Å². The summed E-state index contributed by atoms with van der Waals surface area (Å²) in [7, 11) is 2.20. The molecule has 26 heavy (non-hydrogen) atoms. The second-order valence-electron chi connectivity index (χ2n) is 8.84. The Kier molecular flexibility index (Phi) is 6.75. The summed E-state index contributed by atoms with van der Waals surface area (Å²) in [6.45, 7) is 13.8. The monoisotopic (exact) mass is 352 g/mol. The van der Waals surface area contributed by atoms with Gasteiger partial charge in [0, 0.05) is 37.1 Å². The van der Waals surface area contributed by atoms with E-state index in [9.17, 15) is 0 Å². The first kappa shape index (κ1) is 20.4. The van der Waals surface area contributed by atoms with Gasteiger partial charge in [-0.25, -0.2) is 0 Å². The van der Waals surface area contributed by atoms with E-state index < -0.39 is 0 Å². The average molecular weight is 353 g/mol. The van der Waals surface area contributed by atoms with Crippen LogP contribution in [-0.2, 0) is 0 Å². The Morgan fingerprint density at radius 2 is 1.23 bits per heavy atom. The SMILES string of the molecule is CCCC(C)(C)N(CC(C)(C)CN(C)c1ccccc1)c1ccccc1. The summed E-state index contributed by atoms with van der Waals surface area (Å²) in [6, 6.07) is 21.6. The Morgan fingerprint density at radius 1 is 0.731 bits per heavy atom. The van der Waals surface area contributed by atoms with Crippen LogP contribution in [0, 0.1) is 5.41 Å². The minimum absolute atomic E-state index is 0.138. The molecule has 0 aliphatic heterocycles. The van der Waals surface area contributed by atoms with Gasteiger partial charge in [-0.15, -0.1) is 0 Å². The van der Waals surface area contributed by atoms with E-state index in [4.69, 9.17) is 0 Å². The first-order chi connectivity index (χ1) is 12.2. The van der Waals surface area contributed by atoms with Crippen molar-refractivity contribution in [3.05, 3.63) is 60.7 Å². The first-order valence-electron chi connectivity index (χ1n) is 9.84. The highest BCUT2D eigenvalue weighted by atomic mass is 15.2. The Bertz CT molecular complexity index is 646. The van der Waals surface area contributed by atoms with Crippen molar-refractivity contribution in [3.8, 4) is 0 Å². The molecule has 2 rings (SSSR count). The molecule has 0 fully saturated rings. The smallest absolute Gasteiger partial charge is 0.0370 e. The van der Waals surface area contributed by atoms with E-state index >= 15 is 0 Å². The van der Waals surface area contributed by atoms with Crippen molar-refractivity contribution in [1.82, 2.24) is 0 Å². The van der Waals surface area contributed by atoms with Gasteiger partial charge >= 0.3 is 0 Å². The van der Waals surface area contributed by atoms with E-state index in [-0.39, 0.29) is 11.0 Å². The second kappa shape index (κ2) is 8.62. The zero-order chi connectivity index (χ0) is 19.2. The predicted molar refractivity (Wildman–Crippen MR) is 116 cm³/mol. The number of rotatable bonds is 9. The molecule has 0 spiro atoms. The van der Waals surface area contributed by atoms with Crippen LogP contribution in [0.25, 0.3) is 0 Å². The molecule has 2 nitrogen and oxygen atoms in total. The van der Waals surface area contributed by atoms with E-state index in [1.807, 2.05) is 0 Å². The summed E-state index contributed by atoms with van der Waals surface area (Å²) in [4.78, 5) is 4.98. The largest absolute Gasteiger partial charge is 0.374 e. The molecule has 0 aromatic heterocycles. The number of nitrogens with zero attached hydrogens (tertiary/aromatic N) is 2. The van der Waals surface area contributed by atoms with E-state index in [0.29, 0.717) is 0 Å². The number of hydrogen-bond donors (Lipinski definition) is 0. The third kappa shape index (κ3) is 5.52. The fraction of sp³-hybridized carbons (Fsp3) is 0.500. The van der Waals surface area contributed by atoms with Crippen LogP contribution >= 0.6 is 0 Å². The lowest BCUT2D eigenvalue weighted by molar-refractivity contribution is 0.317. The second-order valence-corrected chi connectivity index (χ2v) is 8.84. The maximum Gasteiger partial charge on any atom is 0.0370 e. The van der Waals surface area contributed by atoms with Crippen molar-refractivity contribution in [2.75, 3.05) is 29.9 Å². The van der Waals surface area contributed by atoms with Gasteiger partial charge < -0.3 is 9.80 Å². The molecule has 0 bridgehead atoms. The van der Waals surface area contributed by atoms with Crippen molar-refractivity contribution in [2.24, 2.45) is 5.41 Å². The van der Waals surface area contributed by atoms with Crippen molar-refractivity contribution in [3.63, 3.8) is 0 Å². The molecule has 0 aliphatic rings. The van der Waals surface area contributed by atoms with Crippen molar-refractivity contribution >= 4 is 11.4 Å². The molecule has 0 radical (unpaired) electrons. The molecule has 0 heterocycles. The molecule has 0 N–H and O–H groups in total. The van der Waals surface area contributed by atoms with Crippen LogP contribution in [0.3, 0.4) is 0 Å². The van der Waals surface area contributed by atoms with Crippen LogP contribution in [0.2, 0.25) is 0 Å². The number of benzene rings is 2. The summed E-state index contributed by atoms with van der Waals surface area (Å²) in [6.07, 6.45) is 2.38. The van der Waals surface area contributed by atoms with E-state index in [2.05, 4.69) is 112 Å². The van der Waals surface area contributed by atoms with Crippen molar-refractivity contribution in [1.29, 1.82) is 0 Å². The van der Waals surface area contributed by atoms with Crippen LogP contribution in [-0.4, -0.2) is 25.7 Å². The highest BCUT2D eigenvalue weighted by Crippen LogP contribution is 2.32. The number of para-hydroxylation sites is 2. The summed E-state index contributed by atoms with van der Waals surface area (Å²) in [5.41, 5.74) is 2.89. The van der Waals surface area contributed by atoms with Crippen molar-refractivity contribution in [2.45, 2.75) is 53.0 Å². The van der Waals surface area contributed by atoms with Crippen LogP contribution in [0.5, 0.6) is 0 Å². The van der Waals surface area contributed by atoms with Gasteiger partial charge in [0.2, 0.25) is 0 Å². The lowest BCUT2D eigenvalue weighted by atomic mass is 9.87. The molecule has 0 aliphatic carbocycles. The standard InChI is InChI=1S/C24H36N2/c1-7-18-24(4,5)26(22-16-12-9-13-17-22)20-23(2,3)19-25(6)21-14-10-8-11-15-21/h8-17H,7,18-20H2,1-6H3. The van der Waals surface area contributed by atoms with Gasteiger partial charge in [0.1, 0.15) is 0 Å². The summed E-state index contributed by atoms with van der Waals surface area (Å²) in [5.74, 6) is 0. The molecular weight excluding hydrogens is 316 g/mol. The maximum absolute atomic E-state index is 2.61. The molecule has 0 unspecified atom stereocenters. The van der Waals surface area contributed by atoms with Gasteiger partial charge in [0.25, 0.3) is 0 Å². The Labute approximate surface area is 160 Å². The molecule has 0 saturated heterocycles. The lowest BCUT2D eigenvalue weighted by Gasteiger charge is -2.46. The van der Waals surface area contributed by atoms with E-state index in [0.717, 1.165) is 13.1 Å². The fourth-order valence-electron chi connectivity index (χ4n) is 3.90. The zero-order valence-corrected chi connectivity index (χ0v) is 17.5. The maximum atomic E-state index is 2.61. The van der Waals surface area contributed by atoms with Gasteiger partial charge in [0.05, 0.1) is 0 Å². The minimum atomic E-state index is 0.138. The first-order valence-corrected chi connectivity index (χ1v) is 9.84. The van der Waals surface area contributed by atoms with Crippen LogP contribution < -0.4 is 9.80 Å². The topological polar surface area (TPSA) is 6.48 Å². The van der Waals surface area contributed by atoms with Gasteiger partial charge in [-0.1, -0.05) is 63.6 Å². The van der Waals surface area contributed by atoms with Gasteiger partial charge in [-0.05, 0) is 49.9 Å². The normalized spacial score (nSPS) is 12.1. The average Bonchev–Trinajstić information content (AvgIpc) is 2.61. The van der Waals surface area contributed by atoms with Crippen LogP contribution in [0.4, 0.5) is 11.4 Å². The molecule has 142 valence electrons. The summed E-state index contributed by atoms with van der Waals surface area (Å²) >= 11 is 0. The third-order valence-corrected chi connectivity index (χ3v) is 5.11. The molecular formula is C24H36N2. The molecule has 2 heteroatoms. The van der Waals surface area contributed by atoms with Crippen molar-refractivity contribution < 1.29 is 0 Å². The lowest BCUT2D eigenvalue weighted by Crippen LogP contribution is -2.50. The fourth-order valence-corrected chi connectivity index (χ4v) is 3.90. The molecule has 2 aromatic carbocycles. The number of anilines is 2. The summed E-state index contributed by atoms with van der Waals surface area (Å²) in [5, 5.41) is 0. The quantitative estimate of drug-likeness (QED) is 0.527. The number of hydrogen-bond acceptors (Lipinski definition) is 2. The van der Waals surface area contributed by atoms with Gasteiger partial charge in [0.15, 0.2) is 0 Å². The van der Waals surface area contributed by atoms with Crippen LogP contribution in [0.15, 0.2) is 60.7 Å². The molecule has 0 saturated carbocycles. The molecule has 2 aromatic rings.